The Kier molecular flexibility index (Phi) is 79.6. The predicted molar refractivity (Wildman–Crippen MR) is 643 cm³/mol. The Labute approximate surface area is 943 Å². The number of rotatable bonds is 27. The molecule has 25 heteroatoms. The molecule has 0 spiro atoms. The highest BCUT2D eigenvalue weighted by atomic mass is 79.9. The van der Waals surface area contributed by atoms with Crippen LogP contribution < -0.4 is 42.6 Å². The van der Waals surface area contributed by atoms with Gasteiger partial charge in [-0.3, -0.25) is 14.4 Å². The van der Waals surface area contributed by atoms with E-state index in [0.717, 1.165) is 193 Å². The zero-order valence-electron chi connectivity index (χ0n) is 89.9. The lowest BCUT2D eigenvalue weighted by Crippen LogP contribution is -2.16. The monoisotopic (exact) mass is 2400 g/mol. The number of phenolic OH excluding ortho intramolecular Hbond substituents is 3. The zero-order valence-corrected chi connectivity index (χ0v) is 101. The predicted octanol–water partition coefficient (Wildman–Crippen LogP) is 33.3. The zero-order chi connectivity index (χ0) is 112. The van der Waals surface area contributed by atoms with Crippen molar-refractivity contribution in [2.45, 2.75) is 181 Å². The maximum absolute atomic E-state index is 10.8. The van der Waals surface area contributed by atoms with Crippen molar-refractivity contribution in [3.8, 4) is 140 Å². The molecule has 12 rings (SSSR count). The highest BCUT2D eigenvalue weighted by molar-refractivity contribution is 9.11. The standard InChI is InChI=1S/C21H24O3.C19H18O3.C17H16O2.C14H20OSi.C11H12O.C9H11BrO.C8H7BrO2.2C6H5BrO.C5H10Si.C4H8O.C3H7Br.C2H3ClO/c1-4-16-23-20-12-8-18(9-13-20)6-7-19-10-14-21(15-11-19)24-17(3)22-5-2;1-3-14-21-18-10-6-16(7-11-18)4-5-17-8-12-19(13-9-17)22-15(2)20;1-2-13-19-17-11-7-15(8-12-17)4-3-14-5-9-16(18)10-6-14;1-5-11-15-14-8-6-13(7-9-14)10-12-16(2,3)4;1-3-9-12-11-7-5-10(4-2)6-8-11;1-2-7-11-9-5-3-8(10)4-6-9;1-6(10)11-8-4-2-7(9)3-5-8;2*7-5-1-3-6(8)4-2-5;1-5-6(2,3)4;1-3-5-4-2;1-2-3-4;1-2(3)4/h8-15,17H,4-5,16H2,1-3H3;6-13H,3,14H2,1-2H3;5-12,18H,2,13H2,1H3;6-9H,5,11H2,1-4H3;2,5-8H,3,9H2,1H3;3-6H,2,7H2,1H3;2-5H,1H3;2*1-4,8H;1H,2-4H3;3H,1,4H2,2H3;2-3H2,1H3;1H3. The molecule has 0 amide bonds. The number of esters is 2. The van der Waals surface area contributed by atoms with Gasteiger partial charge in [0.2, 0.25) is 5.24 Å². The molecule has 0 heterocycles. The number of halogens is 6. The number of carbonyl (C=O) groups excluding carboxylic acids is 3. The van der Waals surface area contributed by atoms with Crippen LogP contribution >= 0.6 is 91.3 Å². The fourth-order valence-corrected chi connectivity index (χ4v) is 11.4. The first kappa shape index (κ1) is 137. The number of carbonyl (C=O) groups is 3. The Balaban J connectivity index is 0.00000166. The van der Waals surface area contributed by atoms with Gasteiger partial charge >= 0.3 is 11.9 Å². The fraction of sp³-hybridized carbons (Fsp3) is 0.288. The van der Waals surface area contributed by atoms with Crippen LogP contribution in [0.2, 0.25) is 39.3 Å². The number of terminal acetylenes is 2. The second-order valence-corrected chi connectivity index (χ2v) is 47.6. The van der Waals surface area contributed by atoms with Gasteiger partial charge in [-0.15, -0.1) is 23.9 Å². The summed E-state index contributed by atoms with van der Waals surface area (Å²) >= 11 is 21.0. The van der Waals surface area contributed by atoms with Crippen LogP contribution in [0.15, 0.2) is 322 Å². The van der Waals surface area contributed by atoms with Crippen molar-refractivity contribution in [1.29, 1.82) is 0 Å². The van der Waals surface area contributed by atoms with Gasteiger partial charge in [-0.05, 0) is 369 Å². The first-order chi connectivity index (χ1) is 71.7. The fourth-order valence-electron chi connectivity index (χ4n) is 9.79. The summed E-state index contributed by atoms with van der Waals surface area (Å²) in [5.41, 5.74) is 13.6. The summed E-state index contributed by atoms with van der Waals surface area (Å²) in [6, 6.07) is 89.1. The van der Waals surface area contributed by atoms with Crippen LogP contribution in [0.1, 0.15) is 179 Å². The van der Waals surface area contributed by atoms with Crippen LogP contribution in [-0.2, 0) is 23.9 Å². The van der Waals surface area contributed by atoms with E-state index >= 15 is 0 Å². The van der Waals surface area contributed by atoms with Gasteiger partial charge in [-0.1, -0.05) is 221 Å². The maximum atomic E-state index is 10.8. The van der Waals surface area contributed by atoms with Crippen molar-refractivity contribution in [2.75, 3.05) is 58.2 Å². The average molecular weight is 2410 g/mol. The topological polar surface area (TPSA) is 213 Å². The van der Waals surface area contributed by atoms with Crippen LogP contribution in [-0.4, -0.2) is 113 Å². The molecular weight excluding hydrogens is 2260 g/mol. The van der Waals surface area contributed by atoms with Gasteiger partial charge in [-0.25, -0.2) is 0 Å². The second kappa shape index (κ2) is 87.0. The van der Waals surface area contributed by atoms with Gasteiger partial charge in [0.05, 0.1) is 52.5 Å². The lowest BCUT2D eigenvalue weighted by molar-refractivity contribution is -0.132. The second-order valence-electron chi connectivity index (χ2n) is 33.1. The first-order valence-corrected chi connectivity index (χ1v) is 60.7. The van der Waals surface area contributed by atoms with E-state index in [1.807, 2.05) is 215 Å². The van der Waals surface area contributed by atoms with Crippen LogP contribution in [0.3, 0.4) is 0 Å². The summed E-state index contributed by atoms with van der Waals surface area (Å²) in [5, 5.41) is 27.4. The Morgan fingerprint density at radius 1 is 0.333 bits per heavy atom. The van der Waals surface area contributed by atoms with E-state index in [2.05, 4.69) is 249 Å². The lowest BCUT2D eigenvalue weighted by atomic mass is 10.2. The molecule has 0 radical (unpaired) electrons. The van der Waals surface area contributed by atoms with Crippen molar-refractivity contribution in [3.63, 3.8) is 0 Å². The minimum Gasteiger partial charge on any atom is -0.508 e. The molecule has 1 atom stereocenters. The maximum Gasteiger partial charge on any atom is 0.308 e. The number of hydrogen-bond acceptors (Lipinski definition) is 17. The van der Waals surface area contributed by atoms with Crippen molar-refractivity contribution < 1.29 is 81.8 Å². The molecule has 3 N–H and O–H groups in total. The van der Waals surface area contributed by atoms with E-state index in [1.54, 1.807) is 97.1 Å². The van der Waals surface area contributed by atoms with E-state index < -0.39 is 16.1 Å². The quantitative estimate of drug-likeness (QED) is 0.00638. The Bertz CT molecular complexity index is 5880. The molecule has 0 aliphatic rings. The van der Waals surface area contributed by atoms with Crippen molar-refractivity contribution in [2.24, 2.45) is 0 Å². The molecule has 0 saturated carbocycles. The van der Waals surface area contributed by atoms with Crippen LogP contribution in [0.5, 0.6) is 69.0 Å². The number of phenols is 3. The first-order valence-electron chi connectivity index (χ1n) is 49.0. The minimum absolute atomic E-state index is 0.250. The SMILES string of the molecule is C#C[Si](C)(C)C.C#Cc1ccc(OCCC)cc1.C=COCC.CC(=O)Cl.CC(=O)Oc1ccc(Br)cc1.CCCBr.CCCOc1ccc(Br)cc1.CCCOc1ccc(C#C[Si](C)(C)C)cc1.CCCOc1ccc(C#Cc2ccc(O)cc2)cc1.CCCOc1ccc(C#Cc2ccc(OC(C)=O)cc2)cc1.CCCOc1ccc(C#Cc2ccc(OC(C)OCC)cc2)cc1.Oc1ccc(Br)cc1.Oc1ccc(Br)cc1. The molecule has 0 saturated heterocycles. The van der Waals surface area contributed by atoms with E-state index in [9.17, 15) is 19.5 Å². The summed E-state index contributed by atoms with van der Waals surface area (Å²) in [6.45, 7) is 46.8. The molecule has 150 heavy (non-hydrogen) atoms. The third-order valence-electron chi connectivity index (χ3n) is 16.9. The lowest BCUT2D eigenvalue weighted by Gasteiger charge is -2.13. The average Bonchev–Trinajstić information content (AvgIpc) is 0.911. The van der Waals surface area contributed by atoms with Gasteiger partial charge in [0.15, 0.2) is 6.29 Å². The largest absolute Gasteiger partial charge is 0.508 e. The Morgan fingerprint density at radius 3 is 0.720 bits per heavy atom. The number of benzene rings is 12. The molecule has 0 fully saturated rings. The molecular formula is C125H146Br5ClO17Si2. The third-order valence-corrected chi connectivity index (χ3v) is 21.5. The summed E-state index contributed by atoms with van der Waals surface area (Å²) in [4.78, 5) is 30.5. The van der Waals surface area contributed by atoms with Gasteiger partial charge in [-0.2, -0.15) is 0 Å². The number of hydrogen-bond donors (Lipinski definition) is 3. The molecule has 798 valence electrons. The highest BCUT2D eigenvalue weighted by Gasteiger charge is 2.09. The van der Waals surface area contributed by atoms with E-state index in [1.165, 1.54) is 33.5 Å². The molecule has 17 nitrogen and oxygen atoms in total. The normalized spacial score (nSPS) is 9.62. The number of ether oxygens (including phenoxy) is 11. The Morgan fingerprint density at radius 2 is 0.533 bits per heavy atom. The van der Waals surface area contributed by atoms with Gasteiger partial charge < -0.3 is 67.4 Å². The smallest absolute Gasteiger partial charge is 0.308 e. The summed E-state index contributed by atoms with van der Waals surface area (Å²) in [7, 11) is -2.37. The third kappa shape index (κ3) is 79.4. The van der Waals surface area contributed by atoms with Crippen molar-refractivity contribution in [1.82, 2.24) is 0 Å². The minimum atomic E-state index is -1.27. The summed E-state index contributed by atoms with van der Waals surface area (Å²) < 4.78 is 62.3. The summed E-state index contributed by atoms with van der Waals surface area (Å²) in [6.07, 6.45) is 18.9. The van der Waals surface area contributed by atoms with Crippen molar-refractivity contribution >= 4 is 125 Å². The molecule has 0 aliphatic heterocycles. The molecule has 0 aliphatic carbocycles. The van der Waals surface area contributed by atoms with Crippen molar-refractivity contribution in [3.05, 3.63) is 366 Å². The molecule has 0 aromatic heterocycles. The van der Waals surface area contributed by atoms with Gasteiger partial charge in [0.25, 0.3) is 0 Å². The van der Waals surface area contributed by atoms with Gasteiger partial charge in [0, 0.05) is 95.1 Å². The molecule has 1 unspecified atom stereocenters. The van der Waals surface area contributed by atoms with Crippen LogP contribution in [0, 0.1) is 71.3 Å². The van der Waals surface area contributed by atoms with Crippen LogP contribution in [0.4, 0.5) is 0 Å². The van der Waals surface area contributed by atoms with E-state index in [4.69, 9.17) is 70.4 Å². The van der Waals surface area contributed by atoms with E-state index in [-0.39, 0.29) is 29.2 Å². The Hall–Kier alpha value is -12.8. The highest BCUT2D eigenvalue weighted by Crippen LogP contribution is 2.24. The summed E-state index contributed by atoms with van der Waals surface area (Å²) in [5.74, 6) is 31.8. The molecule has 0 bridgehead atoms. The number of alkyl halides is 1. The number of aromatic hydroxyl groups is 3. The van der Waals surface area contributed by atoms with Crippen LogP contribution in [0.25, 0.3) is 0 Å². The van der Waals surface area contributed by atoms with Gasteiger partial charge in [0.1, 0.15) is 85.1 Å². The van der Waals surface area contributed by atoms with E-state index in [0.29, 0.717) is 29.6 Å². The molecule has 12 aromatic carbocycles. The molecule has 12 aromatic rings.